The molecular weight excluding hydrogens is 296 g/mol. The molecule has 0 fully saturated rings. The van der Waals surface area contributed by atoms with Crippen LogP contribution < -0.4 is 10.2 Å². The third-order valence-electron chi connectivity index (χ3n) is 3.32. The number of hydrogen-bond donors (Lipinski definition) is 2. The van der Waals surface area contributed by atoms with Crippen LogP contribution in [0.5, 0.6) is 0 Å². The van der Waals surface area contributed by atoms with Gasteiger partial charge in [-0.2, -0.15) is 0 Å². The van der Waals surface area contributed by atoms with E-state index in [1.807, 2.05) is 31.1 Å². The molecule has 0 aliphatic carbocycles. The van der Waals surface area contributed by atoms with E-state index in [0.29, 0.717) is 5.56 Å². The molecule has 0 aromatic heterocycles. The van der Waals surface area contributed by atoms with Crippen molar-refractivity contribution in [3.63, 3.8) is 0 Å². The number of ketones is 1. The van der Waals surface area contributed by atoms with E-state index in [0.717, 1.165) is 5.69 Å². The zero-order valence-electron chi connectivity index (χ0n) is 14.2. The number of carbonyl (C=O) groups is 2. The smallest absolute Gasteiger partial charge is 0.307 e. The molecule has 0 aliphatic heterocycles. The van der Waals surface area contributed by atoms with Crippen molar-refractivity contribution in [3.05, 3.63) is 29.8 Å². The largest absolute Gasteiger partial charge is 0.466 e. The van der Waals surface area contributed by atoms with Gasteiger partial charge < -0.3 is 20.1 Å². The number of Topliss-reactive ketones (excluding diaryl/α,β-unsaturated/α-hetero) is 1. The summed E-state index contributed by atoms with van der Waals surface area (Å²) in [5.41, 5.74) is 1.50. The van der Waals surface area contributed by atoms with E-state index in [9.17, 15) is 14.7 Å². The molecule has 0 spiro atoms. The van der Waals surface area contributed by atoms with Gasteiger partial charge in [0.1, 0.15) is 0 Å². The molecule has 128 valence electrons. The first-order valence-corrected chi connectivity index (χ1v) is 7.73. The van der Waals surface area contributed by atoms with Crippen molar-refractivity contribution in [3.8, 4) is 0 Å². The van der Waals surface area contributed by atoms with Crippen LogP contribution in [-0.2, 0) is 9.53 Å². The highest BCUT2D eigenvalue weighted by Crippen LogP contribution is 2.14. The average molecular weight is 322 g/mol. The van der Waals surface area contributed by atoms with Crippen LogP contribution in [0.4, 0.5) is 5.69 Å². The van der Waals surface area contributed by atoms with E-state index in [-0.39, 0.29) is 25.4 Å². The van der Waals surface area contributed by atoms with Gasteiger partial charge in [-0.15, -0.1) is 0 Å². The van der Waals surface area contributed by atoms with Crippen LogP contribution in [-0.4, -0.2) is 56.3 Å². The Morgan fingerprint density at radius 1 is 1.26 bits per heavy atom. The van der Waals surface area contributed by atoms with Crippen molar-refractivity contribution >= 4 is 17.4 Å². The van der Waals surface area contributed by atoms with Crippen molar-refractivity contribution in [1.82, 2.24) is 5.32 Å². The minimum atomic E-state index is -0.714. The van der Waals surface area contributed by atoms with E-state index in [1.54, 1.807) is 26.0 Å². The Morgan fingerprint density at radius 2 is 1.87 bits per heavy atom. The molecule has 2 atom stereocenters. The molecule has 0 radical (unpaired) electrons. The van der Waals surface area contributed by atoms with Gasteiger partial charge >= 0.3 is 5.97 Å². The molecule has 0 saturated carbocycles. The summed E-state index contributed by atoms with van der Waals surface area (Å²) in [6.07, 6.45) is -0.668. The number of carbonyl (C=O) groups excluding carboxylic acids is 2. The first-order chi connectivity index (χ1) is 10.8. The van der Waals surface area contributed by atoms with Crippen molar-refractivity contribution in [2.45, 2.75) is 32.4 Å². The fourth-order valence-corrected chi connectivity index (χ4v) is 2.08. The summed E-state index contributed by atoms with van der Waals surface area (Å²) in [5.74, 6) is -0.627. The lowest BCUT2D eigenvalue weighted by atomic mass is 10.0. The number of aliphatic hydroxyl groups is 1. The predicted octanol–water partition coefficient (Wildman–Crippen LogP) is 1.23. The second kappa shape index (κ2) is 9.27. The topological polar surface area (TPSA) is 78.9 Å². The molecule has 0 aliphatic rings. The van der Waals surface area contributed by atoms with Crippen LogP contribution >= 0.6 is 0 Å². The number of esters is 1. The molecule has 6 nitrogen and oxygen atoms in total. The number of ether oxygens (including phenoxy) is 1. The quantitative estimate of drug-likeness (QED) is 0.526. The van der Waals surface area contributed by atoms with Gasteiger partial charge in [-0.1, -0.05) is 0 Å². The Labute approximate surface area is 137 Å². The van der Waals surface area contributed by atoms with Crippen molar-refractivity contribution in [2.24, 2.45) is 0 Å². The van der Waals surface area contributed by atoms with Crippen LogP contribution in [0.15, 0.2) is 24.3 Å². The average Bonchev–Trinajstić information content (AvgIpc) is 2.51. The van der Waals surface area contributed by atoms with E-state index >= 15 is 0 Å². The number of anilines is 1. The van der Waals surface area contributed by atoms with Crippen LogP contribution in [0, 0.1) is 0 Å². The van der Waals surface area contributed by atoms with Gasteiger partial charge in [0.2, 0.25) is 0 Å². The Balaban J connectivity index is 2.85. The van der Waals surface area contributed by atoms with E-state index < -0.39 is 18.1 Å². The molecule has 2 unspecified atom stereocenters. The maximum atomic E-state index is 12.6. The van der Waals surface area contributed by atoms with Gasteiger partial charge in [0.05, 0.1) is 25.2 Å². The zero-order valence-corrected chi connectivity index (χ0v) is 14.2. The van der Waals surface area contributed by atoms with Gasteiger partial charge in [0, 0.05) is 31.9 Å². The van der Waals surface area contributed by atoms with Crippen molar-refractivity contribution in [2.75, 3.05) is 32.1 Å². The monoisotopic (exact) mass is 322 g/mol. The highest BCUT2D eigenvalue weighted by Gasteiger charge is 2.23. The lowest BCUT2D eigenvalue weighted by Gasteiger charge is -2.19. The summed E-state index contributed by atoms with van der Waals surface area (Å²) in [5, 5.41) is 12.3. The van der Waals surface area contributed by atoms with E-state index in [4.69, 9.17) is 4.74 Å². The standard InChI is InChI=1S/C17H26N2O4/c1-5-23-16(21)10-15(18-11-12(2)20)17(22)13-6-8-14(9-7-13)19(3)4/h6-9,12,15,18,20H,5,10-11H2,1-4H3. The summed E-state index contributed by atoms with van der Waals surface area (Å²) in [7, 11) is 3.84. The lowest BCUT2D eigenvalue weighted by molar-refractivity contribution is -0.143. The van der Waals surface area contributed by atoms with Gasteiger partial charge in [-0.25, -0.2) is 0 Å². The third kappa shape index (κ3) is 6.38. The molecule has 0 bridgehead atoms. The van der Waals surface area contributed by atoms with Gasteiger partial charge in [-0.05, 0) is 38.1 Å². The summed E-state index contributed by atoms with van der Waals surface area (Å²) in [6, 6.07) is 6.46. The molecule has 0 heterocycles. The van der Waals surface area contributed by atoms with Crippen molar-refractivity contribution < 1.29 is 19.4 Å². The zero-order chi connectivity index (χ0) is 17.4. The normalized spacial score (nSPS) is 13.3. The Hall–Kier alpha value is -1.92. The molecule has 2 N–H and O–H groups in total. The molecular formula is C17H26N2O4. The molecule has 6 heteroatoms. The summed E-state index contributed by atoms with van der Waals surface area (Å²) in [4.78, 5) is 26.2. The van der Waals surface area contributed by atoms with E-state index in [2.05, 4.69) is 5.32 Å². The molecule has 1 aromatic carbocycles. The van der Waals surface area contributed by atoms with Gasteiger partial charge in [0.15, 0.2) is 5.78 Å². The van der Waals surface area contributed by atoms with E-state index in [1.165, 1.54) is 0 Å². The first-order valence-electron chi connectivity index (χ1n) is 7.73. The fourth-order valence-electron chi connectivity index (χ4n) is 2.08. The van der Waals surface area contributed by atoms with Crippen molar-refractivity contribution in [1.29, 1.82) is 0 Å². The maximum Gasteiger partial charge on any atom is 0.307 e. The minimum Gasteiger partial charge on any atom is -0.466 e. The Kier molecular flexibility index (Phi) is 7.71. The maximum absolute atomic E-state index is 12.6. The molecule has 0 amide bonds. The number of benzene rings is 1. The van der Waals surface area contributed by atoms with Crippen LogP contribution in [0.1, 0.15) is 30.6 Å². The lowest BCUT2D eigenvalue weighted by Crippen LogP contribution is -2.42. The summed E-state index contributed by atoms with van der Waals surface area (Å²) in [6.45, 7) is 3.84. The Bertz CT molecular complexity index is 512. The Morgan fingerprint density at radius 3 is 2.35 bits per heavy atom. The van der Waals surface area contributed by atoms with Gasteiger partial charge in [-0.3, -0.25) is 9.59 Å². The first kappa shape index (κ1) is 19.1. The van der Waals surface area contributed by atoms with Gasteiger partial charge in [0.25, 0.3) is 0 Å². The number of aliphatic hydroxyl groups excluding tert-OH is 1. The number of rotatable bonds is 9. The fraction of sp³-hybridized carbons (Fsp3) is 0.529. The summed E-state index contributed by atoms with van der Waals surface area (Å²) < 4.78 is 4.92. The third-order valence-corrected chi connectivity index (χ3v) is 3.32. The molecule has 1 aromatic rings. The second-order valence-corrected chi connectivity index (χ2v) is 5.62. The number of nitrogens with one attached hydrogen (secondary N) is 1. The number of nitrogens with zero attached hydrogens (tertiary/aromatic N) is 1. The molecule has 23 heavy (non-hydrogen) atoms. The predicted molar refractivity (Wildman–Crippen MR) is 89.8 cm³/mol. The second-order valence-electron chi connectivity index (χ2n) is 5.62. The van der Waals surface area contributed by atoms with Crippen LogP contribution in [0.3, 0.4) is 0 Å². The minimum absolute atomic E-state index is 0.0607. The molecule has 1 rings (SSSR count). The van der Waals surface area contributed by atoms with Crippen LogP contribution in [0.2, 0.25) is 0 Å². The summed E-state index contributed by atoms with van der Waals surface area (Å²) >= 11 is 0. The SMILES string of the molecule is CCOC(=O)CC(NCC(C)O)C(=O)c1ccc(N(C)C)cc1. The molecule has 0 saturated heterocycles. The highest BCUT2D eigenvalue weighted by atomic mass is 16.5. The highest BCUT2D eigenvalue weighted by molar-refractivity contribution is 6.02. The number of hydrogen-bond acceptors (Lipinski definition) is 6. The van der Waals surface area contributed by atoms with Crippen LogP contribution in [0.25, 0.3) is 0 Å².